The molecule has 1 saturated heterocycles. The lowest BCUT2D eigenvalue weighted by Gasteiger charge is -2.39. The molecule has 0 aliphatic carbocycles. The number of aromatic nitrogens is 1. The van der Waals surface area contributed by atoms with Gasteiger partial charge in [0.15, 0.2) is 5.96 Å². The van der Waals surface area contributed by atoms with Gasteiger partial charge in [0.25, 0.3) is 0 Å². The highest BCUT2D eigenvalue weighted by molar-refractivity contribution is 14.0. The van der Waals surface area contributed by atoms with Crippen molar-refractivity contribution in [2.24, 2.45) is 16.3 Å². The highest BCUT2D eigenvalue weighted by atomic mass is 127. The molecule has 1 aromatic heterocycles. The van der Waals surface area contributed by atoms with Crippen LogP contribution < -0.4 is 10.6 Å². The van der Waals surface area contributed by atoms with Crippen LogP contribution >= 0.6 is 35.3 Å². The van der Waals surface area contributed by atoms with Crippen LogP contribution in [0.4, 0.5) is 0 Å². The molecule has 0 saturated carbocycles. The molecule has 1 fully saturated rings. The minimum absolute atomic E-state index is 0. The summed E-state index contributed by atoms with van der Waals surface area (Å²) in [7, 11) is 0. The molecule has 2 unspecified atom stereocenters. The Balaban J connectivity index is 0.00000338. The van der Waals surface area contributed by atoms with Crippen LogP contribution in [-0.4, -0.2) is 43.3 Å². The molecule has 2 rings (SSSR count). The number of thiazole rings is 1. The summed E-state index contributed by atoms with van der Waals surface area (Å²) < 4.78 is 6.07. The van der Waals surface area contributed by atoms with Crippen molar-refractivity contribution in [2.75, 3.05) is 26.2 Å². The van der Waals surface area contributed by atoms with Crippen molar-refractivity contribution in [1.29, 1.82) is 0 Å². The second kappa shape index (κ2) is 11.4. The number of nitrogens with zero attached hydrogens (tertiary/aromatic N) is 2. The molecule has 0 spiro atoms. The SMILES string of the molecule is CCNC(=NCC1CCCOC1C(C)(C)C)NCCc1csc(C)n1.I. The Morgan fingerprint density at radius 3 is 2.77 bits per heavy atom. The summed E-state index contributed by atoms with van der Waals surface area (Å²) >= 11 is 1.71. The molecule has 1 aliphatic heterocycles. The third-order valence-corrected chi connectivity index (χ3v) is 5.29. The first-order chi connectivity index (χ1) is 11.9. The van der Waals surface area contributed by atoms with E-state index >= 15 is 0 Å². The third-order valence-electron chi connectivity index (χ3n) is 4.47. The Bertz CT molecular complexity index is 556. The number of aryl methyl sites for hydroxylation is 1. The summed E-state index contributed by atoms with van der Waals surface area (Å²) in [6, 6.07) is 0. The van der Waals surface area contributed by atoms with Crippen LogP contribution in [0.5, 0.6) is 0 Å². The number of hydrogen-bond acceptors (Lipinski definition) is 4. The van der Waals surface area contributed by atoms with E-state index in [1.807, 2.05) is 6.92 Å². The first-order valence-electron chi connectivity index (χ1n) is 9.45. The normalized spacial score (nSPS) is 21.2. The number of nitrogens with one attached hydrogen (secondary N) is 2. The molecule has 150 valence electrons. The zero-order chi connectivity index (χ0) is 18.3. The van der Waals surface area contributed by atoms with E-state index in [2.05, 4.69) is 48.7 Å². The minimum Gasteiger partial charge on any atom is -0.377 e. The van der Waals surface area contributed by atoms with Gasteiger partial charge in [-0.2, -0.15) is 0 Å². The van der Waals surface area contributed by atoms with Crippen molar-refractivity contribution in [2.45, 2.75) is 60.0 Å². The number of rotatable bonds is 6. The van der Waals surface area contributed by atoms with Gasteiger partial charge in [0.1, 0.15) is 0 Å². The average molecular weight is 494 g/mol. The fraction of sp³-hybridized carbons (Fsp3) is 0.789. The lowest BCUT2D eigenvalue weighted by atomic mass is 9.78. The van der Waals surface area contributed by atoms with Gasteiger partial charge in [-0.3, -0.25) is 4.99 Å². The molecule has 1 aromatic rings. The Kier molecular flexibility index (Phi) is 10.4. The third kappa shape index (κ3) is 7.68. The van der Waals surface area contributed by atoms with Crippen molar-refractivity contribution in [3.05, 3.63) is 16.1 Å². The molecule has 26 heavy (non-hydrogen) atoms. The molecule has 2 atom stereocenters. The molecule has 7 heteroatoms. The number of ether oxygens (including phenoxy) is 1. The van der Waals surface area contributed by atoms with Crippen molar-refractivity contribution in [3.63, 3.8) is 0 Å². The second-order valence-electron chi connectivity index (χ2n) is 7.81. The molecule has 2 heterocycles. The maximum Gasteiger partial charge on any atom is 0.191 e. The largest absolute Gasteiger partial charge is 0.377 e. The molecule has 2 N–H and O–H groups in total. The van der Waals surface area contributed by atoms with E-state index < -0.39 is 0 Å². The lowest BCUT2D eigenvalue weighted by Crippen LogP contribution is -2.43. The quantitative estimate of drug-likeness (QED) is 0.357. The summed E-state index contributed by atoms with van der Waals surface area (Å²) in [6.45, 7) is 14.3. The van der Waals surface area contributed by atoms with Gasteiger partial charge in [-0.1, -0.05) is 20.8 Å². The number of aliphatic imine (C=N–C) groups is 1. The Hall–Kier alpha value is -0.410. The van der Waals surface area contributed by atoms with Crippen LogP contribution in [0, 0.1) is 18.3 Å². The highest BCUT2D eigenvalue weighted by Crippen LogP contribution is 2.34. The zero-order valence-corrected chi connectivity index (χ0v) is 19.9. The fourth-order valence-electron chi connectivity index (χ4n) is 3.37. The Labute approximate surface area is 179 Å². The average Bonchev–Trinajstić information content (AvgIpc) is 2.97. The van der Waals surface area contributed by atoms with Crippen LogP contribution in [0.1, 0.15) is 51.2 Å². The highest BCUT2D eigenvalue weighted by Gasteiger charge is 2.35. The van der Waals surface area contributed by atoms with Crippen LogP contribution in [0.15, 0.2) is 10.4 Å². The minimum atomic E-state index is 0. The molecule has 0 radical (unpaired) electrons. The first kappa shape index (κ1) is 23.6. The number of guanidine groups is 1. The smallest absolute Gasteiger partial charge is 0.191 e. The number of halogens is 1. The van der Waals surface area contributed by atoms with Gasteiger partial charge in [0.2, 0.25) is 0 Å². The summed E-state index contributed by atoms with van der Waals surface area (Å²) in [4.78, 5) is 9.35. The second-order valence-corrected chi connectivity index (χ2v) is 8.88. The maximum atomic E-state index is 6.07. The van der Waals surface area contributed by atoms with Crippen molar-refractivity contribution >= 4 is 41.3 Å². The monoisotopic (exact) mass is 494 g/mol. The molecule has 0 bridgehead atoms. The van der Waals surface area contributed by atoms with Gasteiger partial charge in [0, 0.05) is 44.0 Å². The van der Waals surface area contributed by atoms with Crippen molar-refractivity contribution in [1.82, 2.24) is 15.6 Å². The van der Waals surface area contributed by atoms with Crippen LogP contribution in [0.25, 0.3) is 0 Å². The van der Waals surface area contributed by atoms with Gasteiger partial charge in [0.05, 0.1) is 16.8 Å². The molecule has 5 nitrogen and oxygen atoms in total. The molecular weight excluding hydrogens is 459 g/mol. The van der Waals surface area contributed by atoms with E-state index in [9.17, 15) is 0 Å². The molecule has 0 aromatic carbocycles. The molecule has 0 amide bonds. The van der Waals surface area contributed by atoms with Crippen LogP contribution in [-0.2, 0) is 11.2 Å². The van der Waals surface area contributed by atoms with E-state index in [-0.39, 0.29) is 35.5 Å². The Morgan fingerprint density at radius 2 is 2.15 bits per heavy atom. The summed E-state index contributed by atoms with van der Waals surface area (Å²) in [5.41, 5.74) is 1.31. The lowest BCUT2D eigenvalue weighted by molar-refractivity contribution is -0.0823. The summed E-state index contributed by atoms with van der Waals surface area (Å²) in [6.07, 6.45) is 3.54. The van der Waals surface area contributed by atoms with Gasteiger partial charge in [-0.15, -0.1) is 35.3 Å². The maximum absolute atomic E-state index is 6.07. The van der Waals surface area contributed by atoms with Crippen LogP contribution in [0.2, 0.25) is 0 Å². The van der Waals surface area contributed by atoms with Gasteiger partial charge in [-0.25, -0.2) is 4.98 Å². The summed E-state index contributed by atoms with van der Waals surface area (Å²) in [5.74, 6) is 1.39. The van der Waals surface area contributed by atoms with Crippen molar-refractivity contribution in [3.8, 4) is 0 Å². The van der Waals surface area contributed by atoms with Crippen molar-refractivity contribution < 1.29 is 4.74 Å². The predicted octanol–water partition coefficient (Wildman–Crippen LogP) is 4.01. The van der Waals surface area contributed by atoms with Gasteiger partial charge >= 0.3 is 0 Å². The predicted molar refractivity (Wildman–Crippen MR) is 122 cm³/mol. The van der Waals surface area contributed by atoms with Crippen LogP contribution in [0.3, 0.4) is 0 Å². The van der Waals surface area contributed by atoms with E-state index in [1.54, 1.807) is 11.3 Å². The molecular formula is C19H35IN4OS. The topological polar surface area (TPSA) is 58.5 Å². The standard InChI is InChI=1S/C19H34N4OS.HI/c1-6-20-18(21-10-9-16-13-25-14(2)23-16)22-12-15-8-7-11-24-17(15)19(3,4)5;/h13,15,17H,6-12H2,1-5H3,(H2,20,21,22);1H. The van der Waals surface area contributed by atoms with E-state index in [4.69, 9.17) is 9.73 Å². The molecule has 1 aliphatic rings. The number of hydrogen-bond donors (Lipinski definition) is 2. The van der Waals surface area contributed by atoms with E-state index in [1.165, 1.54) is 6.42 Å². The Morgan fingerprint density at radius 1 is 1.38 bits per heavy atom. The van der Waals surface area contributed by atoms with Gasteiger partial charge < -0.3 is 15.4 Å². The van der Waals surface area contributed by atoms with Gasteiger partial charge in [-0.05, 0) is 32.1 Å². The first-order valence-corrected chi connectivity index (χ1v) is 10.3. The fourth-order valence-corrected chi connectivity index (χ4v) is 4.02. The van der Waals surface area contributed by atoms with E-state index in [0.29, 0.717) is 5.92 Å². The van der Waals surface area contributed by atoms with E-state index in [0.717, 1.165) is 55.7 Å². The summed E-state index contributed by atoms with van der Waals surface area (Å²) in [5, 5.41) is 10.0. The zero-order valence-electron chi connectivity index (χ0n) is 16.8.